The van der Waals surface area contributed by atoms with Crippen LogP contribution in [0.2, 0.25) is 0 Å². The van der Waals surface area contributed by atoms with Crippen LogP contribution in [0.25, 0.3) is 5.65 Å². The van der Waals surface area contributed by atoms with E-state index in [9.17, 15) is 14.3 Å². The molecule has 1 fully saturated rings. The second kappa shape index (κ2) is 5.72. The molecule has 2 unspecified atom stereocenters. The second-order valence-electron chi connectivity index (χ2n) is 6.01. The molecule has 0 spiro atoms. The third-order valence-corrected chi connectivity index (χ3v) is 4.38. The lowest BCUT2D eigenvalue weighted by molar-refractivity contribution is 0.0710. The van der Waals surface area contributed by atoms with Crippen LogP contribution >= 0.6 is 0 Å². The monoisotopic (exact) mass is 325 g/mol. The number of hydrogen-bond acceptors (Lipinski definition) is 3. The normalized spacial score (nSPS) is 20.7. The van der Waals surface area contributed by atoms with Gasteiger partial charge in [-0.1, -0.05) is 18.2 Å². The molecule has 4 rings (SSSR count). The van der Waals surface area contributed by atoms with Crippen molar-refractivity contribution in [3.05, 3.63) is 71.9 Å². The highest BCUT2D eigenvalue weighted by Gasteiger charge is 2.36. The Morgan fingerprint density at radius 3 is 2.75 bits per heavy atom. The highest BCUT2D eigenvalue weighted by molar-refractivity contribution is 5.93. The third-order valence-electron chi connectivity index (χ3n) is 4.38. The van der Waals surface area contributed by atoms with Crippen LogP contribution in [-0.4, -0.2) is 37.9 Å². The Morgan fingerprint density at radius 1 is 1.21 bits per heavy atom. The number of benzene rings is 1. The predicted molar refractivity (Wildman–Crippen MR) is 86.0 cm³/mol. The number of halogens is 1. The van der Waals surface area contributed by atoms with Crippen molar-refractivity contribution in [2.75, 3.05) is 6.54 Å². The molecule has 0 saturated carbocycles. The molecule has 0 radical (unpaired) electrons. The van der Waals surface area contributed by atoms with Gasteiger partial charge in [0.2, 0.25) is 0 Å². The fraction of sp³-hybridized carbons (Fsp3) is 0.222. The summed E-state index contributed by atoms with van der Waals surface area (Å²) in [6, 6.07) is 11.3. The summed E-state index contributed by atoms with van der Waals surface area (Å²) in [5.41, 5.74) is 1.84. The smallest absolute Gasteiger partial charge is 0.274 e. The molecule has 1 saturated heterocycles. The van der Waals surface area contributed by atoms with Crippen molar-refractivity contribution in [2.45, 2.75) is 18.6 Å². The quantitative estimate of drug-likeness (QED) is 0.787. The number of aromatic nitrogens is 2. The Bertz CT molecular complexity index is 858. The van der Waals surface area contributed by atoms with Crippen LogP contribution in [0.5, 0.6) is 0 Å². The number of fused-ring (bicyclic) bond motifs is 1. The molecule has 1 amide bonds. The van der Waals surface area contributed by atoms with Gasteiger partial charge in [-0.05, 0) is 36.2 Å². The number of hydrogen-bond donors (Lipinski definition) is 1. The Hall–Kier alpha value is -2.73. The van der Waals surface area contributed by atoms with E-state index in [2.05, 4.69) is 4.98 Å². The van der Waals surface area contributed by atoms with Crippen LogP contribution in [0.4, 0.5) is 4.39 Å². The summed E-state index contributed by atoms with van der Waals surface area (Å²) < 4.78 is 14.9. The van der Waals surface area contributed by atoms with Gasteiger partial charge in [0.1, 0.15) is 17.2 Å². The first-order valence-electron chi connectivity index (χ1n) is 7.80. The first-order chi connectivity index (χ1) is 11.6. The van der Waals surface area contributed by atoms with E-state index >= 15 is 0 Å². The molecule has 5 nitrogen and oxygen atoms in total. The van der Waals surface area contributed by atoms with E-state index in [0.717, 1.165) is 5.56 Å². The summed E-state index contributed by atoms with van der Waals surface area (Å²) in [6.45, 7) is 0.245. The summed E-state index contributed by atoms with van der Waals surface area (Å²) in [5.74, 6) is -0.555. The van der Waals surface area contributed by atoms with Gasteiger partial charge in [-0.15, -0.1) is 0 Å². The molecule has 2 aromatic heterocycles. The SMILES string of the molecule is O=C(c1cn2ccccc2n1)N1CC(O)CC1c1ccc(F)cc1. The van der Waals surface area contributed by atoms with Gasteiger partial charge in [0.15, 0.2) is 0 Å². The molecular formula is C18H16FN3O2. The van der Waals surface area contributed by atoms with Crippen LogP contribution in [0.15, 0.2) is 54.9 Å². The number of carbonyl (C=O) groups is 1. The first-order valence-corrected chi connectivity index (χ1v) is 7.80. The maximum absolute atomic E-state index is 13.1. The molecule has 24 heavy (non-hydrogen) atoms. The number of nitrogens with zero attached hydrogens (tertiary/aromatic N) is 3. The second-order valence-corrected chi connectivity index (χ2v) is 6.01. The number of rotatable bonds is 2. The zero-order valence-electron chi connectivity index (χ0n) is 12.8. The number of pyridine rings is 1. The van der Waals surface area contributed by atoms with E-state index in [0.29, 0.717) is 17.8 Å². The van der Waals surface area contributed by atoms with E-state index in [4.69, 9.17) is 0 Å². The van der Waals surface area contributed by atoms with Crippen LogP contribution in [0.3, 0.4) is 0 Å². The van der Waals surface area contributed by atoms with Crippen molar-refractivity contribution in [1.29, 1.82) is 0 Å². The maximum Gasteiger partial charge on any atom is 0.274 e. The van der Waals surface area contributed by atoms with Crippen molar-refractivity contribution in [3.63, 3.8) is 0 Å². The lowest BCUT2D eigenvalue weighted by Gasteiger charge is -2.24. The molecule has 0 aliphatic carbocycles. The number of aliphatic hydroxyl groups is 1. The lowest BCUT2D eigenvalue weighted by atomic mass is 10.0. The van der Waals surface area contributed by atoms with Crippen LogP contribution in [-0.2, 0) is 0 Å². The largest absolute Gasteiger partial charge is 0.391 e. The topological polar surface area (TPSA) is 57.8 Å². The minimum atomic E-state index is -0.596. The van der Waals surface area contributed by atoms with Gasteiger partial charge in [0.05, 0.1) is 12.1 Å². The standard InChI is InChI=1S/C18H16FN3O2/c19-13-6-4-12(5-7-13)16-9-14(23)10-22(16)18(24)15-11-21-8-2-1-3-17(21)20-15/h1-8,11,14,16,23H,9-10H2. The average Bonchev–Trinajstić information content (AvgIpc) is 3.18. The fourth-order valence-corrected chi connectivity index (χ4v) is 3.22. The molecule has 1 aliphatic rings. The number of amides is 1. The van der Waals surface area contributed by atoms with Crippen molar-refractivity contribution < 1.29 is 14.3 Å². The van der Waals surface area contributed by atoms with Gasteiger partial charge in [0.25, 0.3) is 5.91 Å². The molecule has 6 heteroatoms. The van der Waals surface area contributed by atoms with Gasteiger partial charge in [-0.25, -0.2) is 9.37 Å². The zero-order valence-corrected chi connectivity index (χ0v) is 12.8. The van der Waals surface area contributed by atoms with E-state index in [1.807, 2.05) is 24.4 Å². The molecule has 1 N–H and O–H groups in total. The summed E-state index contributed by atoms with van der Waals surface area (Å²) >= 11 is 0. The van der Waals surface area contributed by atoms with Gasteiger partial charge < -0.3 is 14.4 Å². The van der Waals surface area contributed by atoms with Gasteiger partial charge >= 0.3 is 0 Å². The summed E-state index contributed by atoms with van der Waals surface area (Å²) in [6.07, 6.45) is 3.35. The van der Waals surface area contributed by atoms with Gasteiger partial charge in [-0.3, -0.25) is 4.79 Å². The van der Waals surface area contributed by atoms with Crippen LogP contribution in [0, 0.1) is 5.82 Å². The molecule has 0 bridgehead atoms. The Labute approximate surface area is 138 Å². The van der Waals surface area contributed by atoms with Gasteiger partial charge in [0, 0.05) is 18.9 Å². The number of β-amino-alcohol motifs (C(OH)–C–C–N with tert-alkyl or cyclic N) is 1. The van der Waals surface area contributed by atoms with Crippen molar-refractivity contribution in [2.24, 2.45) is 0 Å². The summed E-state index contributed by atoms with van der Waals surface area (Å²) in [5, 5.41) is 10.0. The molecule has 3 heterocycles. The molecule has 1 aromatic carbocycles. The Kier molecular flexibility index (Phi) is 3.54. The van der Waals surface area contributed by atoms with Crippen LogP contribution in [0.1, 0.15) is 28.5 Å². The minimum Gasteiger partial charge on any atom is -0.391 e. The minimum absolute atomic E-state index is 0.232. The highest BCUT2D eigenvalue weighted by Crippen LogP contribution is 2.33. The van der Waals surface area contributed by atoms with E-state index in [1.54, 1.807) is 27.6 Å². The molecule has 1 aliphatic heterocycles. The number of carbonyl (C=O) groups excluding carboxylic acids is 1. The number of likely N-dealkylation sites (tertiary alicyclic amines) is 1. The fourth-order valence-electron chi connectivity index (χ4n) is 3.22. The Balaban J connectivity index is 1.67. The lowest BCUT2D eigenvalue weighted by Crippen LogP contribution is -2.32. The van der Waals surface area contributed by atoms with E-state index in [1.165, 1.54) is 12.1 Å². The van der Waals surface area contributed by atoms with Crippen molar-refractivity contribution in [1.82, 2.24) is 14.3 Å². The third kappa shape index (κ3) is 2.55. The average molecular weight is 325 g/mol. The number of imidazole rings is 1. The van der Waals surface area contributed by atoms with E-state index in [-0.39, 0.29) is 24.3 Å². The molecule has 3 aromatic rings. The van der Waals surface area contributed by atoms with Gasteiger partial charge in [-0.2, -0.15) is 0 Å². The van der Waals surface area contributed by atoms with Crippen molar-refractivity contribution in [3.8, 4) is 0 Å². The predicted octanol–water partition coefficient (Wildman–Crippen LogP) is 2.42. The van der Waals surface area contributed by atoms with Crippen LogP contribution < -0.4 is 0 Å². The first kappa shape index (κ1) is 14.8. The summed E-state index contributed by atoms with van der Waals surface area (Å²) in [4.78, 5) is 18.8. The summed E-state index contributed by atoms with van der Waals surface area (Å²) in [7, 11) is 0. The molecule has 122 valence electrons. The highest BCUT2D eigenvalue weighted by atomic mass is 19.1. The van der Waals surface area contributed by atoms with E-state index < -0.39 is 6.10 Å². The molecule has 2 atom stereocenters. The Morgan fingerprint density at radius 2 is 2.00 bits per heavy atom. The van der Waals surface area contributed by atoms with Crippen molar-refractivity contribution >= 4 is 11.6 Å². The maximum atomic E-state index is 13.1. The zero-order chi connectivity index (χ0) is 16.7. The molecular weight excluding hydrogens is 309 g/mol. The number of aliphatic hydroxyl groups excluding tert-OH is 1.